The standard InChI is InChI=1S/C24H31ClN4O3/c1-16-10-18(25)12-21(11-16)32-14-20(30)13-27-24(2,3)15-26-19-6-4-17(5-7-19)22-8-9-23(31)29-28-22/h4-7,10-12,20,26-27,30H,8-9,13-15H2,1-3H3,(H,29,31). The van der Waals surface area contributed by atoms with Crippen molar-refractivity contribution in [1.29, 1.82) is 0 Å². The fourth-order valence-electron chi connectivity index (χ4n) is 3.28. The lowest BCUT2D eigenvalue weighted by atomic mass is 10.0. The van der Waals surface area contributed by atoms with Gasteiger partial charge >= 0.3 is 0 Å². The molecule has 0 saturated carbocycles. The van der Waals surface area contributed by atoms with Crippen LogP contribution in [-0.2, 0) is 4.79 Å². The second-order valence-electron chi connectivity index (χ2n) is 8.72. The van der Waals surface area contributed by atoms with Gasteiger partial charge in [0.2, 0.25) is 5.91 Å². The van der Waals surface area contributed by atoms with E-state index in [1.807, 2.05) is 43.3 Å². The van der Waals surface area contributed by atoms with Gasteiger partial charge in [0.05, 0.1) is 5.71 Å². The van der Waals surface area contributed by atoms with Crippen molar-refractivity contribution in [1.82, 2.24) is 10.7 Å². The molecular formula is C24H31ClN4O3. The van der Waals surface area contributed by atoms with E-state index in [2.05, 4.69) is 35.0 Å². The highest BCUT2D eigenvalue weighted by Gasteiger charge is 2.19. The number of β-amino-alcohol motifs (C(OH)–C–C–N with tert-alkyl or cyclic N) is 1. The first-order valence-electron chi connectivity index (χ1n) is 10.7. The monoisotopic (exact) mass is 458 g/mol. The van der Waals surface area contributed by atoms with E-state index in [1.165, 1.54) is 0 Å². The van der Waals surface area contributed by atoms with Gasteiger partial charge in [0.1, 0.15) is 18.5 Å². The van der Waals surface area contributed by atoms with Crippen molar-refractivity contribution in [3.63, 3.8) is 0 Å². The Kier molecular flexibility index (Phi) is 8.12. The van der Waals surface area contributed by atoms with Gasteiger partial charge in [0.15, 0.2) is 0 Å². The molecular weight excluding hydrogens is 428 g/mol. The number of ether oxygens (including phenoxy) is 1. The van der Waals surface area contributed by atoms with Gasteiger partial charge in [-0.2, -0.15) is 5.10 Å². The van der Waals surface area contributed by atoms with Gasteiger partial charge in [-0.1, -0.05) is 23.7 Å². The molecule has 1 aliphatic rings. The molecule has 0 aliphatic carbocycles. The van der Waals surface area contributed by atoms with Crippen LogP contribution in [-0.4, -0.2) is 48.1 Å². The van der Waals surface area contributed by atoms with Crippen LogP contribution in [0.2, 0.25) is 5.02 Å². The van der Waals surface area contributed by atoms with E-state index in [0.29, 0.717) is 36.7 Å². The molecule has 0 spiro atoms. The SMILES string of the molecule is Cc1cc(Cl)cc(OCC(O)CNC(C)(C)CNc2ccc(C3=NNC(=O)CC3)cc2)c1. The molecule has 0 saturated heterocycles. The van der Waals surface area contributed by atoms with Gasteiger partial charge in [0.25, 0.3) is 0 Å². The Bertz CT molecular complexity index is 940. The molecule has 1 aliphatic heterocycles. The second kappa shape index (κ2) is 10.8. The maximum absolute atomic E-state index is 11.2. The van der Waals surface area contributed by atoms with Gasteiger partial charge in [-0.05, 0) is 62.2 Å². The number of hydrazone groups is 1. The highest BCUT2D eigenvalue weighted by Crippen LogP contribution is 2.20. The number of rotatable bonds is 10. The summed E-state index contributed by atoms with van der Waals surface area (Å²) in [6, 6.07) is 13.5. The van der Waals surface area contributed by atoms with Crippen molar-refractivity contribution in [2.75, 3.05) is 25.0 Å². The molecule has 4 N–H and O–H groups in total. The molecule has 7 nitrogen and oxygen atoms in total. The Hall–Kier alpha value is -2.61. The molecule has 0 bridgehead atoms. The molecule has 1 atom stereocenters. The minimum Gasteiger partial charge on any atom is -0.491 e. The van der Waals surface area contributed by atoms with E-state index in [1.54, 1.807) is 6.07 Å². The summed E-state index contributed by atoms with van der Waals surface area (Å²) in [5.74, 6) is 0.609. The first-order chi connectivity index (χ1) is 15.2. The zero-order valence-corrected chi connectivity index (χ0v) is 19.5. The summed E-state index contributed by atoms with van der Waals surface area (Å²) in [5, 5.41) is 21.8. The fourth-order valence-corrected chi connectivity index (χ4v) is 3.56. The van der Waals surface area contributed by atoms with E-state index in [4.69, 9.17) is 16.3 Å². The smallest absolute Gasteiger partial charge is 0.240 e. The van der Waals surface area contributed by atoms with E-state index < -0.39 is 6.10 Å². The first-order valence-corrected chi connectivity index (χ1v) is 11.1. The maximum Gasteiger partial charge on any atom is 0.240 e. The fraction of sp³-hybridized carbons (Fsp3) is 0.417. The number of aryl methyl sites for hydroxylation is 1. The molecule has 2 aromatic rings. The van der Waals surface area contributed by atoms with Gasteiger partial charge < -0.3 is 20.5 Å². The number of halogens is 1. The molecule has 172 valence electrons. The van der Waals surface area contributed by atoms with Crippen LogP contribution in [0.1, 0.15) is 37.8 Å². The van der Waals surface area contributed by atoms with Crippen molar-refractivity contribution >= 4 is 28.9 Å². The lowest BCUT2D eigenvalue weighted by molar-refractivity contribution is -0.121. The number of carbonyl (C=O) groups is 1. The van der Waals surface area contributed by atoms with Crippen LogP contribution in [0.3, 0.4) is 0 Å². The Balaban J connectivity index is 1.42. The summed E-state index contributed by atoms with van der Waals surface area (Å²) < 4.78 is 5.67. The zero-order chi connectivity index (χ0) is 23.1. The predicted octanol–water partition coefficient (Wildman–Crippen LogP) is 3.48. The number of nitrogens with zero attached hydrogens (tertiary/aromatic N) is 1. The number of hydrogen-bond donors (Lipinski definition) is 4. The second-order valence-corrected chi connectivity index (χ2v) is 9.15. The third kappa shape index (κ3) is 7.51. The van der Waals surface area contributed by atoms with Crippen LogP contribution in [0.15, 0.2) is 47.6 Å². The van der Waals surface area contributed by atoms with Crippen molar-refractivity contribution in [2.24, 2.45) is 5.10 Å². The Labute approximate surface area is 194 Å². The number of hydrogen-bond acceptors (Lipinski definition) is 6. The molecule has 0 fully saturated rings. The van der Waals surface area contributed by atoms with Crippen molar-refractivity contribution < 1.29 is 14.6 Å². The highest BCUT2D eigenvalue weighted by atomic mass is 35.5. The minimum absolute atomic E-state index is 0.0435. The summed E-state index contributed by atoms with van der Waals surface area (Å²) >= 11 is 6.04. The van der Waals surface area contributed by atoms with E-state index in [9.17, 15) is 9.90 Å². The zero-order valence-electron chi connectivity index (χ0n) is 18.7. The van der Waals surface area contributed by atoms with E-state index >= 15 is 0 Å². The molecule has 1 heterocycles. The predicted molar refractivity (Wildman–Crippen MR) is 129 cm³/mol. The van der Waals surface area contributed by atoms with Crippen molar-refractivity contribution in [3.05, 3.63) is 58.6 Å². The van der Waals surface area contributed by atoms with Crippen LogP contribution < -0.4 is 20.8 Å². The van der Waals surface area contributed by atoms with Crippen LogP contribution in [0.25, 0.3) is 0 Å². The Morgan fingerprint density at radius 3 is 2.62 bits per heavy atom. The molecule has 0 radical (unpaired) electrons. The van der Waals surface area contributed by atoms with Gasteiger partial charge in [0, 0.05) is 42.2 Å². The van der Waals surface area contributed by atoms with Gasteiger partial charge in [-0.15, -0.1) is 0 Å². The summed E-state index contributed by atoms with van der Waals surface area (Å²) in [7, 11) is 0. The van der Waals surface area contributed by atoms with Crippen LogP contribution in [0.4, 0.5) is 5.69 Å². The first kappa shape index (κ1) is 24.0. The number of carbonyl (C=O) groups excluding carboxylic acids is 1. The van der Waals surface area contributed by atoms with Gasteiger partial charge in [-0.3, -0.25) is 4.79 Å². The summed E-state index contributed by atoms with van der Waals surface area (Å²) in [6.45, 7) is 7.35. The average Bonchev–Trinajstić information content (AvgIpc) is 2.75. The minimum atomic E-state index is -0.649. The normalized spacial score (nSPS) is 15.0. The Morgan fingerprint density at radius 2 is 1.97 bits per heavy atom. The lowest BCUT2D eigenvalue weighted by Crippen LogP contribution is -2.49. The summed E-state index contributed by atoms with van der Waals surface area (Å²) in [5.41, 5.74) is 6.18. The number of anilines is 1. The lowest BCUT2D eigenvalue weighted by Gasteiger charge is -2.28. The van der Waals surface area contributed by atoms with E-state index in [0.717, 1.165) is 22.5 Å². The quantitative estimate of drug-likeness (QED) is 0.437. The third-order valence-electron chi connectivity index (χ3n) is 5.13. The molecule has 3 rings (SSSR count). The average molecular weight is 459 g/mol. The number of amides is 1. The van der Waals surface area contributed by atoms with Crippen molar-refractivity contribution in [2.45, 2.75) is 45.3 Å². The number of benzene rings is 2. The molecule has 0 aromatic heterocycles. The molecule has 1 unspecified atom stereocenters. The van der Waals surface area contributed by atoms with Crippen molar-refractivity contribution in [3.8, 4) is 5.75 Å². The molecule has 1 amide bonds. The summed E-state index contributed by atoms with van der Waals surface area (Å²) in [4.78, 5) is 11.2. The number of nitrogens with one attached hydrogen (secondary N) is 3. The maximum atomic E-state index is 11.2. The van der Waals surface area contributed by atoms with Crippen LogP contribution in [0.5, 0.6) is 5.75 Å². The highest BCUT2D eigenvalue weighted by molar-refractivity contribution is 6.30. The van der Waals surface area contributed by atoms with Gasteiger partial charge in [-0.25, -0.2) is 5.43 Å². The molecule has 2 aromatic carbocycles. The molecule has 32 heavy (non-hydrogen) atoms. The topological polar surface area (TPSA) is 95.0 Å². The number of aliphatic hydroxyl groups excluding tert-OH is 1. The third-order valence-corrected chi connectivity index (χ3v) is 5.35. The van der Waals surface area contributed by atoms with E-state index in [-0.39, 0.29) is 18.1 Å². The summed E-state index contributed by atoms with van der Waals surface area (Å²) in [6.07, 6.45) is 0.469. The van der Waals surface area contributed by atoms with Crippen LogP contribution >= 0.6 is 11.6 Å². The number of aliphatic hydroxyl groups is 1. The van der Waals surface area contributed by atoms with Crippen LogP contribution in [0, 0.1) is 6.92 Å². The largest absolute Gasteiger partial charge is 0.491 e. The Morgan fingerprint density at radius 1 is 1.22 bits per heavy atom. The molecule has 8 heteroatoms.